The molecule has 0 aromatic heterocycles. The molecule has 2 aliphatic carbocycles. The molecule has 0 radical (unpaired) electrons. The summed E-state index contributed by atoms with van der Waals surface area (Å²) in [5.74, 6) is 8.22. The van der Waals surface area contributed by atoms with Crippen LogP contribution in [0, 0.1) is 23.7 Å². The van der Waals surface area contributed by atoms with Crippen LogP contribution in [0.1, 0.15) is 39.0 Å². The normalized spacial score (nSPS) is 33.1. The summed E-state index contributed by atoms with van der Waals surface area (Å²) < 4.78 is 6.10. The van der Waals surface area contributed by atoms with Crippen molar-refractivity contribution < 1.29 is 4.74 Å². The topological polar surface area (TPSA) is 9.23 Å². The van der Waals surface area contributed by atoms with Gasteiger partial charge in [-0.2, -0.15) is 0 Å². The molecule has 0 amide bonds. The Morgan fingerprint density at radius 3 is 2.40 bits per heavy atom. The zero-order valence-corrected chi connectivity index (χ0v) is 16.1. The summed E-state index contributed by atoms with van der Waals surface area (Å²) in [5, 5.41) is 2.77. The van der Waals surface area contributed by atoms with Gasteiger partial charge in [0.2, 0.25) is 0 Å². The first-order valence-electron chi connectivity index (χ1n) is 10.2. The molecule has 4 unspecified atom stereocenters. The number of benzene rings is 2. The van der Waals surface area contributed by atoms with Crippen LogP contribution in [0.3, 0.4) is 0 Å². The quantitative estimate of drug-likeness (QED) is 0.497. The van der Waals surface area contributed by atoms with Gasteiger partial charge >= 0.3 is 0 Å². The van der Waals surface area contributed by atoms with E-state index in [9.17, 15) is 0 Å². The molecule has 1 heterocycles. The van der Waals surface area contributed by atoms with Crippen molar-refractivity contribution in [2.24, 2.45) is 23.7 Å². The number of rotatable bonds is 5. The average Bonchev–Trinajstić information content (AvgIpc) is 3.35. The van der Waals surface area contributed by atoms with E-state index in [4.69, 9.17) is 4.74 Å². The van der Waals surface area contributed by atoms with E-state index in [2.05, 4.69) is 43.3 Å². The lowest BCUT2D eigenvalue weighted by molar-refractivity contribution is 0.281. The van der Waals surface area contributed by atoms with Gasteiger partial charge in [-0.25, -0.2) is 0 Å². The predicted molar refractivity (Wildman–Crippen MR) is 108 cm³/mol. The van der Waals surface area contributed by atoms with Crippen LogP contribution in [0.4, 0.5) is 0 Å². The van der Waals surface area contributed by atoms with Crippen LogP contribution in [-0.2, 0) is 10.9 Å². The summed E-state index contributed by atoms with van der Waals surface area (Å²) in [6.45, 7) is 3.05. The molecule has 2 saturated carbocycles. The summed E-state index contributed by atoms with van der Waals surface area (Å²) in [4.78, 5) is 1.62. The lowest BCUT2D eigenvalue weighted by Gasteiger charge is -2.19. The van der Waals surface area contributed by atoms with E-state index in [1.54, 1.807) is 11.3 Å². The van der Waals surface area contributed by atoms with Crippen LogP contribution in [0.15, 0.2) is 41.3 Å². The maximum atomic E-state index is 6.10. The molecule has 1 nitrogen and oxygen atoms in total. The standard InChI is InChI=1S/C23H29OS/c1-2-3-12-24-22-10-11-23(19-7-5-4-6-18(19)22)25-14-20-16-8-9-17(13-16)21(20)15-25/h4-7,10-11,16-17,20-21H,2-3,8-9,12-15H2,1H3/q+1. The molecule has 0 N–H and O–H groups in total. The molecule has 132 valence electrons. The van der Waals surface area contributed by atoms with Gasteiger partial charge in [0, 0.05) is 33.5 Å². The lowest BCUT2D eigenvalue weighted by atomic mass is 9.82. The molecule has 2 aromatic rings. The molecule has 1 aliphatic heterocycles. The fraction of sp³-hybridized carbons (Fsp3) is 0.565. The molecule has 3 fully saturated rings. The summed E-state index contributed by atoms with van der Waals surface area (Å²) >= 11 is 0. The third-order valence-corrected chi connectivity index (χ3v) is 9.53. The van der Waals surface area contributed by atoms with E-state index >= 15 is 0 Å². The number of unbranched alkanes of at least 4 members (excludes halogenated alkanes) is 1. The lowest BCUT2D eigenvalue weighted by Crippen LogP contribution is -2.19. The van der Waals surface area contributed by atoms with Crippen molar-refractivity contribution in [3.05, 3.63) is 36.4 Å². The second kappa shape index (κ2) is 6.54. The van der Waals surface area contributed by atoms with E-state index in [0.29, 0.717) is 10.9 Å². The number of hydrogen-bond acceptors (Lipinski definition) is 1. The number of fused-ring (bicyclic) bond motifs is 6. The van der Waals surface area contributed by atoms with Crippen LogP contribution in [0.25, 0.3) is 10.8 Å². The maximum Gasteiger partial charge on any atom is 0.163 e. The van der Waals surface area contributed by atoms with Crippen molar-refractivity contribution in [2.45, 2.75) is 43.9 Å². The van der Waals surface area contributed by atoms with Crippen molar-refractivity contribution in [3.8, 4) is 5.75 Å². The van der Waals surface area contributed by atoms with Gasteiger partial charge in [0.1, 0.15) is 17.3 Å². The Balaban J connectivity index is 1.45. The van der Waals surface area contributed by atoms with Crippen molar-refractivity contribution in [2.75, 3.05) is 18.1 Å². The minimum Gasteiger partial charge on any atom is -0.493 e. The first-order valence-corrected chi connectivity index (χ1v) is 11.7. The Kier molecular flexibility index (Phi) is 4.20. The van der Waals surface area contributed by atoms with Crippen LogP contribution in [0.5, 0.6) is 5.75 Å². The van der Waals surface area contributed by atoms with Crippen LogP contribution >= 0.6 is 0 Å². The SMILES string of the molecule is CCCCOc1ccc([S+]2CC3C4CCC(C4)C3C2)c2ccccc12. The van der Waals surface area contributed by atoms with E-state index in [1.807, 2.05) is 0 Å². The van der Waals surface area contributed by atoms with Crippen molar-refractivity contribution in [1.29, 1.82) is 0 Å². The summed E-state index contributed by atoms with van der Waals surface area (Å²) in [6, 6.07) is 13.6. The molecule has 1 saturated heterocycles. The van der Waals surface area contributed by atoms with E-state index in [1.165, 1.54) is 41.5 Å². The van der Waals surface area contributed by atoms with Crippen LogP contribution in [-0.4, -0.2) is 18.1 Å². The second-order valence-electron chi connectivity index (χ2n) is 8.30. The largest absolute Gasteiger partial charge is 0.493 e. The summed E-state index contributed by atoms with van der Waals surface area (Å²) in [6.07, 6.45) is 6.91. The van der Waals surface area contributed by atoms with Gasteiger partial charge in [0.15, 0.2) is 4.90 Å². The van der Waals surface area contributed by atoms with Gasteiger partial charge in [-0.15, -0.1) is 0 Å². The van der Waals surface area contributed by atoms with Crippen molar-refractivity contribution in [1.82, 2.24) is 0 Å². The smallest absolute Gasteiger partial charge is 0.163 e. The van der Waals surface area contributed by atoms with Gasteiger partial charge in [0.05, 0.1) is 6.61 Å². The highest BCUT2D eigenvalue weighted by molar-refractivity contribution is 7.97. The molecule has 25 heavy (non-hydrogen) atoms. The fourth-order valence-electron chi connectivity index (χ4n) is 5.71. The van der Waals surface area contributed by atoms with Gasteiger partial charge in [0.25, 0.3) is 0 Å². The van der Waals surface area contributed by atoms with Crippen molar-refractivity contribution in [3.63, 3.8) is 0 Å². The monoisotopic (exact) mass is 353 g/mol. The van der Waals surface area contributed by atoms with Crippen LogP contribution < -0.4 is 4.74 Å². The molecule has 3 aliphatic rings. The number of hydrogen-bond donors (Lipinski definition) is 0. The first-order chi connectivity index (χ1) is 12.3. The molecule has 2 bridgehead atoms. The van der Waals surface area contributed by atoms with E-state index < -0.39 is 0 Å². The molecular formula is C23H29OS+. The van der Waals surface area contributed by atoms with Gasteiger partial charge < -0.3 is 4.74 Å². The highest BCUT2D eigenvalue weighted by Gasteiger charge is 2.57. The minimum absolute atomic E-state index is 0.453. The first kappa shape index (κ1) is 16.1. The van der Waals surface area contributed by atoms with Gasteiger partial charge in [-0.05, 0) is 55.7 Å². The Bertz CT molecular complexity index is 752. The highest BCUT2D eigenvalue weighted by atomic mass is 32.2. The van der Waals surface area contributed by atoms with E-state index in [-0.39, 0.29) is 0 Å². The molecule has 4 atom stereocenters. The molecule has 0 spiro atoms. The summed E-state index contributed by atoms with van der Waals surface area (Å²) in [7, 11) is 0.453. The molecule has 2 heteroatoms. The third-order valence-electron chi connectivity index (χ3n) is 6.97. The van der Waals surface area contributed by atoms with Gasteiger partial charge in [-0.1, -0.05) is 31.5 Å². The Morgan fingerprint density at radius 1 is 0.960 bits per heavy atom. The highest BCUT2D eigenvalue weighted by Crippen LogP contribution is 2.57. The fourth-order valence-corrected chi connectivity index (χ4v) is 8.92. The minimum atomic E-state index is 0.453. The average molecular weight is 354 g/mol. The molecule has 2 aromatic carbocycles. The maximum absolute atomic E-state index is 6.10. The molecule has 5 rings (SSSR count). The van der Waals surface area contributed by atoms with Crippen LogP contribution in [0.2, 0.25) is 0 Å². The molecular weight excluding hydrogens is 324 g/mol. The number of ether oxygens (including phenoxy) is 1. The van der Waals surface area contributed by atoms with E-state index in [0.717, 1.165) is 42.4 Å². The van der Waals surface area contributed by atoms with Crippen molar-refractivity contribution >= 4 is 21.7 Å². The zero-order valence-electron chi connectivity index (χ0n) is 15.2. The third kappa shape index (κ3) is 2.68. The Labute approximate surface area is 154 Å². The Hall–Kier alpha value is -1.15. The Morgan fingerprint density at radius 2 is 1.68 bits per heavy atom. The van der Waals surface area contributed by atoms with Gasteiger partial charge in [-0.3, -0.25) is 0 Å². The summed E-state index contributed by atoms with van der Waals surface area (Å²) in [5.41, 5.74) is 0. The predicted octanol–water partition coefficient (Wildman–Crippen LogP) is 5.67. The zero-order chi connectivity index (χ0) is 16.8. The second-order valence-corrected chi connectivity index (χ2v) is 10.4.